The molecule has 1 aliphatic carbocycles. The third-order valence-corrected chi connectivity index (χ3v) is 3.31. The van der Waals surface area contributed by atoms with Crippen LogP contribution >= 0.6 is 0 Å². The Balaban J connectivity index is 1.69. The van der Waals surface area contributed by atoms with Crippen LogP contribution in [0.4, 0.5) is 0 Å². The van der Waals surface area contributed by atoms with Gasteiger partial charge in [-0.15, -0.1) is 0 Å². The smallest absolute Gasteiger partial charge is 0.340 e. The molecule has 1 saturated carbocycles. The topological polar surface area (TPSA) is 104 Å². The summed E-state index contributed by atoms with van der Waals surface area (Å²) in [7, 11) is 0. The van der Waals surface area contributed by atoms with E-state index in [9.17, 15) is 9.59 Å². The van der Waals surface area contributed by atoms with Crippen molar-refractivity contribution in [3.63, 3.8) is 0 Å². The molecule has 0 radical (unpaired) electrons. The number of amides is 1. The van der Waals surface area contributed by atoms with Gasteiger partial charge in [-0.25, -0.2) is 9.89 Å². The zero-order valence-electron chi connectivity index (χ0n) is 10.1. The molecule has 0 atom stereocenters. The number of nitrogens with one attached hydrogen (secondary N) is 3. The Morgan fingerprint density at radius 3 is 2.84 bits per heavy atom. The number of hydrogen-bond donors (Lipinski definition) is 3. The van der Waals surface area contributed by atoms with E-state index in [4.69, 9.17) is 0 Å². The van der Waals surface area contributed by atoms with Crippen molar-refractivity contribution < 1.29 is 4.79 Å². The molecule has 0 saturated heterocycles. The summed E-state index contributed by atoms with van der Waals surface area (Å²) in [5.74, 6) is 0.338. The number of carbonyl (C=O) groups excluding carboxylic acids is 1. The van der Waals surface area contributed by atoms with E-state index in [1.54, 1.807) is 6.20 Å². The number of carbonyl (C=O) groups is 1. The molecule has 3 rings (SSSR count). The number of hydrogen-bond acceptors (Lipinski definition) is 4. The average Bonchev–Trinajstić information content (AvgIpc) is 3.15. The highest BCUT2D eigenvalue weighted by Crippen LogP contribution is 2.47. The first-order valence-corrected chi connectivity index (χ1v) is 6.04. The molecule has 0 bridgehead atoms. The third kappa shape index (κ3) is 2.14. The van der Waals surface area contributed by atoms with Gasteiger partial charge in [0, 0.05) is 6.20 Å². The molecule has 0 aliphatic heterocycles. The summed E-state index contributed by atoms with van der Waals surface area (Å²) in [5, 5.41) is 8.78. The van der Waals surface area contributed by atoms with Crippen LogP contribution in [0.3, 0.4) is 0 Å². The minimum Gasteiger partial charge on any atom is -0.348 e. The van der Waals surface area contributed by atoms with Gasteiger partial charge in [-0.3, -0.25) is 14.8 Å². The van der Waals surface area contributed by atoms with Crippen LogP contribution in [0.25, 0.3) is 0 Å². The molecule has 19 heavy (non-hydrogen) atoms. The first-order valence-electron chi connectivity index (χ1n) is 6.04. The molecule has 3 N–H and O–H groups in total. The fourth-order valence-electron chi connectivity index (χ4n) is 2.09. The Labute approximate surface area is 108 Å². The van der Waals surface area contributed by atoms with Gasteiger partial charge >= 0.3 is 5.69 Å². The van der Waals surface area contributed by atoms with Gasteiger partial charge in [-0.1, -0.05) is 6.07 Å². The lowest BCUT2D eigenvalue weighted by Crippen LogP contribution is -2.35. The predicted octanol–water partition coefficient (Wildman–Crippen LogP) is -0.159. The van der Waals surface area contributed by atoms with Crippen molar-refractivity contribution in [2.24, 2.45) is 0 Å². The van der Waals surface area contributed by atoms with Crippen molar-refractivity contribution in [2.75, 3.05) is 0 Å². The highest BCUT2D eigenvalue weighted by Gasteiger charge is 2.52. The van der Waals surface area contributed by atoms with Crippen molar-refractivity contribution in [1.82, 2.24) is 25.5 Å². The van der Waals surface area contributed by atoms with Crippen LogP contribution in [-0.4, -0.2) is 26.1 Å². The minimum absolute atomic E-state index is 0.0740. The number of H-pyrrole nitrogens is 2. The van der Waals surface area contributed by atoms with Crippen LogP contribution in [0.1, 0.15) is 24.4 Å². The molecule has 0 unspecified atom stereocenters. The quantitative estimate of drug-likeness (QED) is 0.709. The monoisotopic (exact) mass is 259 g/mol. The maximum absolute atomic E-state index is 12.2. The second-order valence-electron chi connectivity index (χ2n) is 4.60. The van der Waals surface area contributed by atoms with Crippen LogP contribution in [-0.2, 0) is 16.8 Å². The lowest BCUT2D eigenvalue weighted by Gasteiger charge is -2.13. The second kappa shape index (κ2) is 4.34. The van der Waals surface area contributed by atoms with Crippen molar-refractivity contribution in [3.05, 3.63) is 46.4 Å². The number of nitrogens with zero attached hydrogens (tertiary/aromatic N) is 2. The molecular formula is C12H13N5O2. The highest BCUT2D eigenvalue weighted by molar-refractivity contribution is 5.90. The van der Waals surface area contributed by atoms with Crippen LogP contribution in [0, 0.1) is 0 Å². The first-order chi connectivity index (χ1) is 9.21. The molecule has 2 heterocycles. The third-order valence-electron chi connectivity index (χ3n) is 3.31. The maximum Gasteiger partial charge on any atom is 0.340 e. The Morgan fingerprint density at radius 2 is 2.26 bits per heavy atom. The zero-order valence-corrected chi connectivity index (χ0v) is 10.1. The van der Waals surface area contributed by atoms with E-state index < -0.39 is 5.41 Å². The number of rotatable bonds is 4. The minimum atomic E-state index is -0.502. The summed E-state index contributed by atoms with van der Waals surface area (Å²) in [4.78, 5) is 29.8. The van der Waals surface area contributed by atoms with Gasteiger partial charge in [0.15, 0.2) is 0 Å². The Kier molecular flexibility index (Phi) is 2.66. The van der Waals surface area contributed by atoms with Crippen molar-refractivity contribution in [1.29, 1.82) is 0 Å². The van der Waals surface area contributed by atoms with Crippen LogP contribution < -0.4 is 11.0 Å². The van der Waals surface area contributed by atoms with E-state index >= 15 is 0 Å². The van der Waals surface area contributed by atoms with Gasteiger partial charge in [-0.2, -0.15) is 5.10 Å². The van der Waals surface area contributed by atoms with Gasteiger partial charge in [0.1, 0.15) is 5.82 Å². The van der Waals surface area contributed by atoms with E-state index in [0.29, 0.717) is 5.82 Å². The Bertz CT molecular complexity index is 641. The fourth-order valence-corrected chi connectivity index (χ4v) is 2.09. The molecule has 1 aliphatic rings. The molecule has 2 aromatic heterocycles. The SMILES string of the molecule is O=C(NCc1n[nH]c(=O)[nH]1)C1(c2ccccn2)CC1. The van der Waals surface area contributed by atoms with Crippen LogP contribution in [0.2, 0.25) is 0 Å². The van der Waals surface area contributed by atoms with Gasteiger partial charge < -0.3 is 5.32 Å². The summed E-state index contributed by atoms with van der Waals surface area (Å²) in [6.45, 7) is 0.201. The second-order valence-corrected chi connectivity index (χ2v) is 4.60. The number of pyridine rings is 1. The molecule has 98 valence electrons. The molecule has 7 nitrogen and oxygen atoms in total. The predicted molar refractivity (Wildman–Crippen MR) is 66.2 cm³/mol. The van der Waals surface area contributed by atoms with Crippen molar-refractivity contribution in [3.8, 4) is 0 Å². The highest BCUT2D eigenvalue weighted by atomic mass is 16.2. The summed E-state index contributed by atoms with van der Waals surface area (Å²) in [6.07, 6.45) is 3.29. The lowest BCUT2D eigenvalue weighted by atomic mass is 10.0. The van der Waals surface area contributed by atoms with Crippen molar-refractivity contribution >= 4 is 5.91 Å². The van der Waals surface area contributed by atoms with Crippen LogP contribution in [0.5, 0.6) is 0 Å². The zero-order chi connectivity index (χ0) is 13.3. The summed E-state index contributed by atoms with van der Waals surface area (Å²) in [6, 6.07) is 5.57. The summed E-state index contributed by atoms with van der Waals surface area (Å²) in [5.41, 5.74) is -0.0872. The molecule has 2 aromatic rings. The molecule has 0 aromatic carbocycles. The first kappa shape index (κ1) is 11.6. The van der Waals surface area contributed by atoms with Crippen LogP contribution in [0.15, 0.2) is 29.2 Å². The standard InChI is InChI=1S/C12H13N5O2/c18-10(14-7-9-15-11(19)17-16-9)12(4-5-12)8-3-1-2-6-13-8/h1-3,6H,4-5,7H2,(H,14,18)(H2,15,16,17,19). The lowest BCUT2D eigenvalue weighted by molar-refractivity contribution is -0.123. The largest absolute Gasteiger partial charge is 0.348 e. The fraction of sp³-hybridized carbons (Fsp3) is 0.333. The van der Waals surface area contributed by atoms with Crippen molar-refractivity contribution in [2.45, 2.75) is 24.8 Å². The molecule has 7 heteroatoms. The van der Waals surface area contributed by atoms with E-state index in [0.717, 1.165) is 18.5 Å². The number of aromatic nitrogens is 4. The molecule has 1 amide bonds. The molecular weight excluding hydrogens is 246 g/mol. The van der Waals surface area contributed by atoms with E-state index in [-0.39, 0.29) is 18.1 Å². The van der Waals surface area contributed by atoms with E-state index in [1.165, 1.54) is 0 Å². The molecule has 1 fully saturated rings. The van der Waals surface area contributed by atoms with Gasteiger partial charge in [-0.05, 0) is 25.0 Å². The number of aromatic amines is 2. The van der Waals surface area contributed by atoms with Gasteiger partial charge in [0.05, 0.1) is 17.7 Å². The normalized spacial score (nSPS) is 16.0. The summed E-state index contributed by atoms with van der Waals surface area (Å²) < 4.78 is 0. The Hall–Kier alpha value is -2.44. The van der Waals surface area contributed by atoms with E-state index in [1.807, 2.05) is 18.2 Å². The molecule has 0 spiro atoms. The van der Waals surface area contributed by atoms with Gasteiger partial charge in [0.2, 0.25) is 5.91 Å². The van der Waals surface area contributed by atoms with E-state index in [2.05, 4.69) is 25.5 Å². The van der Waals surface area contributed by atoms with Gasteiger partial charge in [0.25, 0.3) is 0 Å². The summed E-state index contributed by atoms with van der Waals surface area (Å²) >= 11 is 0. The Morgan fingerprint density at radius 1 is 1.42 bits per heavy atom. The maximum atomic E-state index is 12.2. The average molecular weight is 259 g/mol.